The van der Waals surface area contributed by atoms with Crippen LogP contribution in [0.2, 0.25) is 0 Å². The minimum atomic E-state index is -4.05. The zero-order valence-electron chi connectivity index (χ0n) is 18.9. The first-order valence-electron chi connectivity index (χ1n) is 10.8. The van der Waals surface area contributed by atoms with Crippen molar-refractivity contribution in [3.63, 3.8) is 0 Å². The molecule has 178 valence electrons. The summed E-state index contributed by atoms with van der Waals surface area (Å²) in [5, 5.41) is 2.77. The average Bonchev–Trinajstić information content (AvgIpc) is 2.79. The van der Waals surface area contributed by atoms with Gasteiger partial charge in [-0.15, -0.1) is 0 Å². The first-order chi connectivity index (χ1) is 15.6. The maximum atomic E-state index is 14.4. The number of esters is 1. The SMILES string of the molecule is CC(C)NC(=O)N(C)c1ccc(OC(=O)c2ccc(F)c(S(=O)(=O)N3CCCCC3)c2)cc1. The number of rotatable bonds is 6. The zero-order chi connectivity index (χ0) is 24.2. The van der Waals surface area contributed by atoms with Gasteiger partial charge >= 0.3 is 12.0 Å². The van der Waals surface area contributed by atoms with Crippen LogP contribution in [0.3, 0.4) is 0 Å². The lowest BCUT2D eigenvalue weighted by molar-refractivity contribution is 0.0734. The van der Waals surface area contributed by atoms with Crippen LogP contribution in [0.25, 0.3) is 0 Å². The highest BCUT2D eigenvalue weighted by Crippen LogP contribution is 2.25. The van der Waals surface area contributed by atoms with E-state index in [9.17, 15) is 22.4 Å². The van der Waals surface area contributed by atoms with E-state index >= 15 is 0 Å². The molecular formula is C23H28FN3O5S. The van der Waals surface area contributed by atoms with Crippen LogP contribution in [0.4, 0.5) is 14.9 Å². The monoisotopic (exact) mass is 477 g/mol. The van der Waals surface area contributed by atoms with E-state index in [2.05, 4.69) is 5.32 Å². The molecule has 1 heterocycles. The van der Waals surface area contributed by atoms with Gasteiger partial charge in [0.25, 0.3) is 0 Å². The van der Waals surface area contributed by atoms with Crippen LogP contribution >= 0.6 is 0 Å². The largest absolute Gasteiger partial charge is 0.423 e. The maximum absolute atomic E-state index is 14.4. The number of nitrogens with zero attached hydrogens (tertiary/aromatic N) is 2. The number of urea groups is 1. The molecule has 0 spiro atoms. The number of halogens is 1. The number of benzene rings is 2. The number of anilines is 1. The number of nitrogens with one attached hydrogen (secondary N) is 1. The third-order valence-corrected chi connectivity index (χ3v) is 7.16. The lowest BCUT2D eigenvalue weighted by Crippen LogP contribution is -2.40. The molecule has 2 aromatic rings. The summed E-state index contributed by atoms with van der Waals surface area (Å²) < 4.78 is 46.7. The van der Waals surface area contributed by atoms with Gasteiger partial charge in [0, 0.05) is 31.9 Å². The smallest absolute Gasteiger partial charge is 0.343 e. The number of ether oxygens (including phenoxy) is 1. The molecule has 2 aromatic carbocycles. The van der Waals surface area contributed by atoms with Crippen molar-refractivity contribution in [1.29, 1.82) is 0 Å². The first-order valence-corrected chi connectivity index (χ1v) is 12.2. The Hall–Kier alpha value is -2.98. The van der Waals surface area contributed by atoms with Crippen molar-refractivity contribution < 1.29 is 27.1 Å². The summed E-state index contributed by atoms with van der Waals surface area (Å²) in [6.07, 6.45) is 2.36. The molecule has 1 saturated heterocycles. The van der Waals surface area contributed by atoms with Crippen LogP contribution in [0.5, 0.6) is 5.75 Å². The molecule has 0 aliphatic carbocycles. The standard InChI is InChI=1S/C23H28FN3O5S/c1-16(2)25-23(29)26(3)18-8-10-19(11-9-18)32-22(28)17-7-12-20(24)21(15-17)33(30,31)27-13-5-4-6-14-27/h7-12,15-16H,4-6,13-14H2,1-3H3,(H,25,29). The second-order valence-electron chi connectivity index (χ2n) is 8.16. The molecule has 1 N–H and O–H groups in total. The van der Waals surface area contributed by atoms with E-state index in [0.717, 1.165) is 18.6 Å². The van der Waals surface area contributed by atoms with Gasteiger partial charge in [0.15, 0.2) is 0 Å². The highest BCUT2D eigenvalue weighted by atomic mass is 32.2. The molecule has 33 heavy (non-hydrogen) atoms. The number of amides is 2. The summed E-state index contributed by atoms with van der Waals surface area (Å²) in [5.41, 5.74) is 0.508. The summed E-state index contributed by atoms with van der Waals surface area (Å²) in [4.78, 5) is 25.6. The molecule has 0 atom stereocenters. The Kier molecular flexibility index (Phi) is 7.70. The van der Waals surface area contributed by atoms with E-state index < -0.39 is 26.7 Å². The van der Waals surface area contributed by atoms with Crippen molar-refractivity contribution in [2.45, 2.75) is 44.0 Å². The van der Waals surface area contributed by atoms with Gasteiger partial charge in [-0.1, -0.05) is 6.42 Å². The molecule has 0 saturated carbocycles. The molecular weight excluding hydrogens is 449 g/mol. The van der Waals surface area contributed by atoms with E-state index in [4.69, 9.17) is 4.74 Å². The number of sulfonamides is 1. The topological polar surface area (TPSA) is 96.0 Å². The number of piperidine rings is 1. The summed E-state index contributed by atoms with van der Waals surface area (Å²) in [6.45, 7) is 4.36. The highest BCUT2D eigenvalue weighted by Gasteiger charge is 2.29. The Balaban J connectivity index is 1.74. The predicted octanol–water partition coefficient (Wildman–Crippen LogP) is 3.77. The van der Waals surface area contributed by atoms with Gasteiger partial charge in [-0.3, -0.25) is 4.90 Å². The van der Waals surface area contributed by atoms with Crippen LogP contribution in [-0.4, -0.2) is 50.9 Å². The second-order valence-corrected chi connectivity index (χ2v) is 10.1. The molecule has 1 aliphatic heterocycles. The van der Waals surface area contributed by atoms with E-state index in [1.165, 1.54) is 27.4 Å². The Morgan fingerprint density at radius 1 is 1.06 bits per heavy atom. The molecule has 1 fully saturated rings. The number of hydrogen-bond acceptors (Lipinski definition) is 5. The molecule has 0 aromatic heterocycles. The lowest BCUT2D eigenvalue weighted by atomic mass is 10.2. The fourth-order valence-corrected chi connectivity index (χ4v) is 5.04. The maximum Gasteiger partial charge on any atom is 0.343 e. The minimum Gasteiger partial charge on any atom is -0.423 e. The Morgan fingerprint density at radius 2 is 1.70 bits per heavy atom. The van der Waals surface area contributed by atoms with Crippen molar-refractivity contribution in [2.75, 3.05) is 25.0 Å². The van der Waals surface area contributed by atoms with Crippen LogP contribution in [0.1, 0.15) is 43.5 Å². The quantitative estimate of drug-likeness (QED) is 0.505. The van der Waals surface area contributed by atoms with Crippen molar-refractivity contribution in [2.24, 2.45) is 0 Å². The van der Waals surface area contributed by atoms with Crippen molar-refractivity contribution in [3.05, 3.63) is 53.8 Å². The summed E-state index contributed by atoms with van der Waals surface area (Å²) >= 11 is 0. The summed E-state index contributed by atoms with van der Waals surface area (Å²) in [6, 6.07) is 9.12. The van der Waals surface area contributed by atoms with E-state index in [1.54, 1.807) is 19.2 Å². The van der Waals surface area contributed by atoms with Gasteiger partial charge in [0.2, 0.25) is 10.0 Å². The van der Waals surface area contributed by atoms with E-state index in [1.807, 2.05) is 13.8 Å². The molecule has 1 aliphatic rings. The highest BCUT2D eigenvalue weighted by molar-refractivity contribution is 7.89. The Labute approximate surface area is 193 Å². The van der Waals surface area contributed by atoms with Crippen LogP contribution < -0.4 is 15.0 Å². The molecule has 2 amide bonds. The molecule has 8 nitrogen and oxygen atoms in total. The van der Waals surface area contributed by atoms with Gasteiger partial charge < -0.3 is 10.1 Å². The number of carbonyl (C=O) groups is 2. The number of hydrogen-bond donors (Lipinski definition) is 1. The fourth-order valence-electron chi connectivity index (χ4n) is 3.44. The number of carbonyl (C=O) groups excluding carboxylic acids is 2. The van der Waals surface area contributed by atoms with Crippen LogP contribution in [0, 0.1) is 5.82 Å². The zero-order valence-corrected chi connectivity index (χ0v) is 19.7. The summed E-state index contributed by atoms with van der Waals surface area (Å²) in [5.74, 6) is -1.53. The van der Waals surface area contributed by atoms with E-state index in [-0.39, 0.29) is 23.4 Å². The molecule has 3 rings (SSSR count). The lowest BCUT2D eigenvalue weighted by Gasteiger charge is -2.26. The fraction of sp³-hybridized carbons (Fsp3) is 0.391. The van der Waals surface area contributed by atoms with Crippen molar-refractivity contribution in [3.8, 4) is 5.75 Å². The predicted molar refractivity (Wildman–Crippen MR) is 122 cm³/mol. The first kappa shape index (κ1) is 24.7. The van der Waals surface area contributed by atoms with E-state index in [0.29, 0.717) is 31.6 Å². The average molecular weight is 478 g/mol. The van der Waals surface area contributed by atoms with Crippen molar-refractivity contribution >= 4 is 27.7 Å². The Morgan fingerprint density at radius 3 is 2.30 bits per heavy atom. The van der Waals surface area contributed by atoms with Crippen LogP contribution in [0.15, 0.2) is 47.4 Å². The molecule has 0 radical (unpaired) electrons. The molecule has 0 unspecified atom stereocenters. The molecule has 0 bridgehead atoms. The van der Waals surface area contributed by atoms with Crippen LogP contribution in [-0.2, 0) is 10.0 Å². The minimum absolute atomic E-state index is 0.0143. The summed E-state index contributed by atoms with van der Waals surface area (Å²) in [7, 11) is -2.43. The van der Waals surface area contributed by atoms with Gasteiger partial charge in [-0.05, 0) is 69.2 Å². The van der Waals surface area contributed by atoms with Gasteiger partial charge in [-0.25, -0.2) is 22.4 Å². The van der Waals surface area contributed by atoms with Gasteiger partial charge in [0.05, 0.1) is 5.56 Å². The van der Waals surface area contributed by atoms with Gasteiger partial charge in [-0.2, -0.15) is 4.31 Å². The Bertz CT molecular complexity index is 1110. The third-order valence-electron chi connectivity index (χ3n) is 5.25. The second kappa shape index (κ2) is 10.3. The van der Waals surface area contributed by atoms with Gasteiger partial charge in [0.1, 0.15) is 16.5 Å². The third kappa shape index (κ3) is 5.88. The molecule has 10 heteroatoms. The van der Waals surface area contributed by atoms with Crippen molar-refractivity contribution in [1.82, 2.24) is 9.62 Å². The normalized spacial score (nSPS) is 14.7.